The van der Waals surface area contributed by atoms with E-state index in [9.17, 15) is 18.0 Å². The number of rotatable bonds is 8. The van der Waals surface area contributed by atoms with Crippen LogP contribution >= 0.6 is 11.6 Å². The molecular weight excluding hydrogens is 526 g/mol. The topological polar surface area (TPSA) is 120 Å². The number of benzene rings is 3. The molecule has 11 heteroatoms. The fraction of sp³-hybridized carbons (Fsp3) is 0.222. The molecule has 9 nitrogen and oxygen atoms in total. The third kappa shape index (κ3) is 5.36. The van der Waals surface area contributed by atoms with Crippen LogP contribution in [0.4, 0.5) is 11.4 Å². The second-order valence-electron chi connectivity index (χ2n) is 8.94. The Labute approximate surface area is 226 Å². The van der Waals surface area contributed by atoms with E-state index in [0.29, 0.717) is 23.7 Å². The summed E-state index contributed by atoms with van der Waals surface area (Å²) in [4.78, 5) is 30.4. The van der Waals surface area contributed by atoms with E-state index in [1.807, 2.05) is 24.3 Å². The lowest BCUT2D eigenvalue weighted by molar-refractivity contribution is -0.125. The normalized spacial score (nSPS) is 16.8. The first kappa shape index (κ1) is 25.7. The van der Waals surface area contributed by atoms with Crippen LogP contribution in [-0.4, -0.2) is 51.7 Å². The standard InChI is InChI=1S/C27H26ClN5O4S/c28-20-10-11-22-23(16-20)33(38(36,37)21-4-2-1-3-5-21)24(27(35)32-22)17-25(34)29-13-12-18-6-8-19(9-7-18)26-30-14-15-31-26/h1-11,16,24H,12-15,17H2,(H,29,34)(H,30,31)(H,32,35)/t24-/m1/s1. The molecular formula is C27H26ClN5O4S. The third-order valence-electron chi connectivity index (χ3n) is 6.36. The summed E-state index contributed by atoms with van der Waals surface area (Å²) in [5, 5.41) is 9.06. The van der Waals surface area contributed by atoms with Gasteiger partial charge in [0.2, 0.25) is 11.8 Å². The maximum absolute atomic E-state index is 13.7. The van der Waals surface area contributed by atoms with E-state index >= 15 is 0 Å². The molecule has 0 aliphatic carbocycles. The van der Waals surface area contributed by atoms with Crippen molar-refractivity contribution in [2.45, 2.75) is 23.8 Å². The molecule has 0 unspecified atom stereocenters. The zero-order valence-corrected chi connectivity index (χ0v) is 21.9. The Hall–Kier alpha value is -3.89. The van der Waals surface area contributed by atoms with Crippen molar-refractivity contribution in [3.8, 4) is 0 Å². The van der Waals surface area contributed by atoms with Gasteiger partial charge in [0.15, 0.2) is 0 Å². The van der Waals surface area contributed by atoms with Crippen molar-refractivity contribution in [1.82, 2.24) is 10.6 Å². The van der Waals surface area contributed by atoms with Crippen molar-refractivity contribution in [2.75, 3.05) is 29.3 Å². The molecule has 2 aliphatic heterocycles. The van der Waals surface area contributed by atoms with Gasteiger partial charge in [-0.1, -0.05) is 54.1 Å². The SMILES string of the molecule is O=C(C[C@@H]1C(=O)Nc2ccc(Cl)cc2N1S(=O)(=O)c1ccccc1)NCCc1ccc(C2=NCCN2)cc1. The molecule has 2 heterocycles. The fourth-order valence-electron chi connectivity index (χ4n) is 4.48. The summed E-state index contributed by atoms with van der Waals surface area (Å²) in [7, 11) is -4.18. The summed E-state index contributed by atoms with van der Waals surface area (Å²) in [6.07, 6.45) is 0.224. The number of nitrogens with one attached hydrogen (secondary N) is 3. The maximum Gasteiger partial charge on any atom is 0.265 e. The minimum Gasteiger partial charge on any atom is -0.368 e. The van der Waals surface area contributed by atoms with Gasteiger partial charge in [0, 0.05) is 23.7 Å². The van der Waals surface area contributed by atoms with E-state index in [0.717, 1.165) is 34.4 Å². The average Bonchev–Trinajstić information content (AvgIpc) is 3.45. The number of amides is 2. The highest BCUT2D eigenvalue weighted by Gasteiger charge is 2.42. The van der Waals surface area contributed by atoms with E-state index in [4.69, 9.17) is 11.6 Å². The molecule has 38 heavy (non-hydrogen) atoms. The van der Waals surface area contributed by atoms with E-state index < -0.39 is 27.9 Å². The van der Waals surface area contributed by atoms with Crippen LogP contribution in [0.15, 0.2) is 82.7 Å². The minimum atomic E-state index is -4.18. The first-order valence-corrected chi connectivity index (χ1v) is 14.0. The summed E-state index contributed by atoms with van der Waals surface area (Å²) in [6, 6.07) is 19.0. The Kier molecular flexibility index (Phi) is 7.35. The number of anilines is 2. The van der Waals surface area contributed by atoms with Gasteiger partial charge in [-0.05, 0) is 42.3 Å². The molecule has 3 aromatic rings. The van der Waals surface area contributed by atoms with E-state index in [-0.39, 0.29) is 17.0 Å². The van der Waals surface area contributed by atoms with Crippen molar-refractivity contribution >= 4 is 50.6 Å². The van der Waals surface area contributed by atoms with Gasteiger partial charge in [-0.25, -0.2) is 8.42 Å². The van der Waals surface area contributed by atoms with E-state index in [1.165, 1.54) is 18.2 Å². The van der Waals surface area contributed by atoms with Gasteiger partial charge in [0.25, 0.3) is 10.0 Å². The highest BCUT2D eigenvalue weighted by Crippen LogP contribution is 2.39. The first-order chi connectivity index (χ1) is 18.3. The predicted octanol–water partition coefficient (Wildman–Crippen LogP) is 2.95. The van der Waals surface area contributed by atoms with Crippen LogP contribution in [-0.2, 0) is 26.0 Å². The molecule has 0 saturated heterocycles. The van der Waals surface area contributed by atoms with Crippen LogP contribution in [0.3, 0.4) is 0 Å². The van der Waals surface area contributed by atoms with Gasteiger partial charge >= 0.3 is 0 Å². The smallest absolute Gasteiger partial charge is 0.265 e. The molecule has 2 amide bonds. The van der Waals surface area contributed by atoms with Gasteiger partial charge in [-0.3, -0.25) is 18.9 Å². The second kappa shape index (κ2) is 10.8. The number of carbonyl (C=O) groups excluding carboxylic acids is 2. The number of aliphatic imine (C=N–C) groups is 1. The van der Waals surface area contributed by atoms with Gasteiger partial charge in [-0.15, -0.1) is 0 Å². The number of amidine groups is 1. The Morgan fingerprint density at radius 1 is 1.08 bits per heavy atom. The van der Waals surface area contributed by atoms with Crippen LogP contribution in [0, 0.1) is 0 Å². The number of nitrogens with zero attached hydrogens (tertiary/aromatic N) is 2. The molecule has 5 rings (SSSR count). The maximum atomic E-state index is 13.7. The van der Waals surface area contributed by atoms with Gasteiger partial charge in [0.05, 0.1) is 29.2 Å². The number of halogens is 1. The van der Waals surface area contributed by atoms with Crippen molar-refractivity contribution in [3.63, 3.8) is 0 Å². The van der Waals surface area contributed by atoms with Crippen molar-refractivity contribution < 1.29 is 18.0 Å². The summed E-state index contributed by atoms with van der Waals surface area (Å²) >= 11 is 6.18. The lowest BCUT2D eigenvalue weighted by atomic mass is 10.1. The fourth-order valence-corrected chi connectivity index (χ4v) is 6.29. The second-order valence-corrected chi connectivity index (χ2v) is 11.2. The minimum absolute atomic E-state index is 0.00764. The van der Waals surface area contributed by atoms with Crippen LogP contribution in [0.2, 0.25) is 5.02 Å². The molecule has 3 aromatic carbocycles. The lowest BCUT2D eigenvalue weighted by Gasteiger charge is -2.36. The summed E-state index contributed by atoms with van der Waals surface area (Å²) < 4.78 is 28.4. The molecule has 0 fully saturated rings. The van der Waals surface area contributed by atoms with Crippen molar-refractivity contribution in [2.24, 2.45) is 4.99 Å². The number of fused-ring (bicyclic) bond motifs is 1. The van der Waals surface area contributed by atoms with Crippen LogP contribution in [0.5, 0.6) is 0 Å². The first-order valence-electron chi connectivity index (χ1n) is 12.2. The van der Waals surface area contributed by atoms with E-state index in [1.54, 1.807) is 30.3 Å². The Morgan fingerprint density at radius 2 is 1.84 bits per heavy atom. The highest BCUT2D eigenvalue weighted by atomic mass is 35.5. The lowest BCUT2D eigenvalue weighted by Crippen LogP contribution is -2.52. The largest absolute Gasteiger partial charge is 0.368 e. The zero-order valence-electron chi connectivity index (χ0n) is 20.4. The average molecular weight is 552 g/mol. The van der Waals surface area contributed by atoms with E-state index in [2.05, 4.69) is 20.9 Å². The number of hydrogen-bond acceptors (Lipinski definition) is 6. The van der Waals surface area contributed by atoms with Gasteiger partial charge < -0.3 is 16.0 Å². The van der Waals surface area contributed by atoms with Crippen molar-refractivity contribution in [1.29, 1.82) is 0 Å². The number of carbonyl (C=O) groups is 2. The summed E-state index contributed by atoms with van der Waals surface area (Å²) in [6.45, 7) is 1.94. The van der Waals surface area contributed by atoms with Crippen LogP contribution < -0.4 is 20.3 Å². The van der Waals surface area contributed by atoms with Crippen molar-refractivity contribution in [3.05, 3.63) is 88.9 Å². The molecule has 196 valence electrons. The van der Waals surface area contributed by atoms with Gasteiger partial charge in [-0.2, -0.15) is 0 Å². The molecule has 1 atom stereocenters. The molecule has 0 bridgehead atoms. The summed E-state index contributed by atoms with van der Waals surface area (Å²) in [5.41, 5.74) is 2.55. The molecule has 0 spiro atoms. The Morgan fingerprint density at radius 3 is 2.55 bits per heavy atom. The molecule has 0 saturated carbocycles. The number of hydrogen-bond donors (Lipinski definition) is 3. The quantitative estimate of drug-likeness (QED) is 0.397. The monoisotopic (exact) mass is 551 g/mol. The van der Waals surface area contributed by atoms with Crippen LogP contribution in [0.1, 0.15) is 17.5 Å². The Balaban J connectivity index is 1.30. The highest BCUT2D eigenvalue weighted by molar-refractivity contribution is 7.93. The van der Waals surface area contributed by atoms with Crippen LogP contribution in [0.25, 0.3) is 0 Å². The molecule has 0 aromatic heterocycles. The van der Waals surface area contributed by atoms with Gasteiger partial charge in [0.1, 0.15) is 11.9 Å². The molecule has 2 aliphatic rings. The predicted molar refractivity (Wildman–Crippen MR) is 147 cm³/mol. The Bertz CT molecular complexity index is 1490. The summed E-state index contributed by atoms with van der Waals surface area (Å²) in [5.74, 6) is -0.146. The molecule has 0 radical (unpaired) electrons. The third-order valence-corrected chi connectivity index (χ3v) is 8.43. The molecule has 3 N–H and O–H groups in total. The number of sulfonamides is 1. The zero-order chi connectivity index (χ0) is 26.7.